The third-order valence-corrected chi connectivity index (χ3v) is 1.88. The normalized spacial score (nSPS) is 10.1. The highest BCUT2D eigenvalue weighted by Crippen LogP contribution is 2.07. The van der Waals surface area contributed by atoms with E-state index in [2.05, 4.69) is 19.7 Å². The van der Waals surface area contributed by atoms with Gasteiger partial charge in [0.15, 0.2) is 0 Å². The van der Waals surface area contributed by atoms with Crippen LogP contribution in [-0.2, 0) is 4.74 Å². The lowest BCUT2D eigenvalue weighted by atomic mass is 10.2. The highest BCUT2D eigenvalue weighted by Gasteiger charge is 2.06. The number of nitrogens with zero attached hydrogens (tertiary/aromatic N) is 3. The molecule has 0 aliphatic carbocycles. The molecule has 0 aliphatic heterocycles. The van der Waals surface area contributed by atoms with E-state index in [4.69, 9.17) is 5.53 Å². The number of H-pyrrole nitrogens is 1. The predicted octanol–water partition coefficient (Wildman–Crippen LogP) is 2.51. The summed E-state index contributed by atoms with van der Waals surface area (Å²) in [6.07, 6.45) is 6.09. The summed E-state index contributed by atoms with van der Waals surface area (Å²) in [7, 11) is 1.33. The number of ether oxygens (including phenoxy) is 1. The maximum Gasteiger partial charge on any atom is 0.354 e. The van der Waals surface area contributed by atoms with Crippen molar-refractivity contribution in [3.8, 4) is 0 Å². The second-order valence-electron chi connectivity index (χ2n) is 2.98. The number of hydrogen-bond donors (Lipinski definition) is 1. The Bertz CT molecular complexity index is 430. The van der Waals surface area contributed by atoms with E-state index in [1.165, 1.54) is 7.11 Å². The number of carbonyl (C=O) groups is 1. The summed E-state index contributed by atoms with van der Waals surface area (Å²) in [6.45, 7) is 0.432. The van der Waals surface area contributed by atoms with Gasteiger partial charge < -0.3 is 9.72 Å². The molecule has 0 aromatic carbocycles. The van der Waals surface area contributed by atoms with Gasteiger partial charge in [0.25, 0.3) is 0 Å². The van der Waals surface area contributed by atoms with Crippen LogP contribution in [0.5, 0.6) is 0 Å². The molecule has 0 radical (unpaired) electrons. The molecule has 0 saturated carbocycles. The monoisotopic (exact) mass is 220 g/mol. The minimum Gasteiger partial charge on any atom is -0.464 e. The number of esters is 1. The quantitative estimate of drug-likeness (QED) is 0.271. The van der Waals surface area contributed by atoms with Crippen molar-refractivity contribution in [3.05, 3.63) is 40.0 Å². The van der Waals surface area contributed by atoms with Gasteiger partial charge in [0.05, 0.1) is 7.11 Å². The van der Waals surface area contributed by atoms with Crippen molar-refractivity contribution in [3.63, 3.8) is 0 Å². The first-order valence-electron chi connectivity index (χ1n) is 4.72. The largest absolute Gasteiger partial charge is 0.464 e. The van der Waals surface area contributed by atoms with Crippen LogP contribution in [0.4, 0.5) is 0 Å². The fourth-order valence-electron chi connectivity index (χ4n) is 1.13. The number of azide groups is 1. The van der Waals surface area contributed by atoms with E-state index < -0.39 is 5.97 Å². The Kier molecular flexibility index (Phi) is 4.69. The summed E-state index contributed by atoms with van der Waals surface area (Å²) in [5, 5.41) is 3.40. The lowest BCUT2D eigenvalue weighted by Crippen LogP contribution is -2.00. The Hall–Kier alpha value is -2.20. The Balaban J connectivity index is 2.51. The molecular formula is C10H12N4O2. The number of carbonyl (C=O) groups excluding carboxylic acids is 1. The van der Waals surface area contributed by atoms with Crippen LogP contribution >= 0.6 is 0 Å². The first kappa shape index (κ1) is 11.9. The molecule has 0 saturated heterocycles. The van der Waals surface area contributed by atoms with E-state index in [1.807, 2.05) is 12.2 Å². The SMILES string of the molecule is COC(=O)c1cc(C=CCCN=[N+]=[N-])c[nH]1. The van der Waals surface area contributed by atoms with Crippen molar-refractivity contribution in [2.24, 2.45) is 5.11 Å². The molecule has 0 atom stereocenters. The number of hydrogen-bond acceptors (Lipinski definition) is 3. The topological polar surface area (TPSA) is 90.8 Å². The molecule has 1 N–H and O–H groups in total. The second kappa shape index (κ2) is 6.31. The predicted molar refractivity (Wildman–Crippen MR) is 59.8 cm³/mol. The van der Waals surface area contributed by atoms with Crippen molar-refractivity contribution in [2.75, 3.05) is 13.7 Å². The summed E-state index contributed by atoms with van der Waals surface area (Å²) in [6, 6.07) is 1.69. The molecule has 6 nitrogen and oxygen atoms in total. The third-order valence-electron chi connectivity index (χ3n) is 1.88. The van der Waals surface area contributed by atoms with Crippen LogP contribution in [0, 0.1) is 0 Å². The first-order chi connectivity index (χ1) is 7.77. The third kappa shape index (κ3) is 3.51. The Morgan fingerprint density at radius 3 is 3.25 bits per heavy atom. The molecule has 0 unspecified atom stereocenters. The molecule has 1 aromatic heterocycles. The van der Waals surface area contributed by atoms with Crippen LogP contribution in [0.1, 0.15) is 22.5 Å². The average Bonchev–Trinajstić information content (AvgIpc) is 2.76. The first-order valence-corrected chi connectivity index (χ1v) is 4.72. The maximum atomic E-state index is 11.1. The molecular weight excluding hydrogens is 208 g/mol. The van der Waals surface area contributed by atoms with Crippen molar-refractivity contribution in [2.45, 2.75) is 6.42 Å². The molecule has 0 bridgehead atoms. The lowest BCUT2D eigenvalue weighted by Gasteiger charge is -1.91. The van der Waals surface area contributed by atoms with Crippen LogP contribution in [0.2, 0.25) is 0 Å². The number of methoxy groups -OCH3 is 1. The van der Waals surface area contributed by atoms with Crippen molar-refractivity contribution in [1.82, 2.24) is 4.98 Å². The van der Waals surface area contributed by atoms with E-state index in [0.717, 1.165) is 5.56 Å². The van der Waals surface area contributed by atoms with E-state index in [1.54, 1.807) is 12.3 Å². The summed E-state index contributed by atoms with van der Waals surface area (Å²) in [5.41, 5.74) is 9.34. The van der Waals surface area contributed by atoms with Crippen LogP contribution in [0.15, 0.2) is 23.5 Å². The minimum absolute atomic E-state index is 0.395. The van der Waals surface area contributed by atoms with Crippen LogP contribution < -0.4 is 0 Å². The Morgan fingerprint density at radius 2 is 2.56 bits per heavy atom. The fraction of sp³-hybridized carbons (Fsp3) is 0.300. The molecule has 1 aromatic rings. The number of rotatable bonds is 5. The van der Waals surface area contributed by atoms with Gasteiger partial charge in [-0.15, -0.1) is 0 Å². The molecule has 0 aliphatic rings. The zero-order valence-corrected chi connectivity index (χ0v) is 8.88. The number of aromatic nitrogens is 1. The van der Waals surface area contributed by atoms with Gasteiger partial charge in [-0.25, -0.2) is 4.79 Å². The summed E-state index contributed by atoms with van der Waals surface area (Å²) in [4.78, 5) is 16.6. The van der Waals surface area contributed by atoms with Crippen molar-refractivity contribution < 1.29 is 9.53 Å². The smallest absolute Gasteiger partial charge is 0.354 e. The van der Waals surface area contributed by atoms with E-state index >= 15 is 0 Å². The Labute approximate surface area is 92.5 Å². The summed E-state index contributed by atoms with van der Waals surface area (Å²) in [5.74, 6) is -0.395. The molecule has 16 heavy (non-hydrogen) atoms. The lowest BCUT2D eigenvalue weighted by molar-refractivity contribution is 0.0595. The molecule has 0 spiro atoms. The van der Waals surface area contributed by atoms with Gasteiger partial charge in [-0.3, -0.25) is 0 Å². The van der Waals surface area contributed by atoms with Gasteiger partial charge in [-0.2, -0.15) is 0 Å². The maximum absolute atomic E-state index is 11.1. The van der Waals surface area contributed by atoms with Gasteiger partial charge in [-0.1, -0.05) is 17.3 Å². The average molecular weight is 220 g/mol. The standard InChI is InChI=1S/C10H12N4O2/c1-16-10(15)9-6-8(7-12-9)4-2-3-5-13-14-11/h2,4,6-7,12H,3,5H2,1H3. The molecule has 1 heterocycles. The molecule has 84 valence electrons. The second-order valence-corrected chi connectivity index (χ2v) is 2.98. The molecule has 6 heteroatoms. The zero-order valence-electron chi connectivity index (χ0n) is 8.88. The van der Waals surface area contributed by atoms with Crippen LogP contribution in [0.3, 0.4) is 0 Å². The zero-order chi connectivity index (χ0) is 11.8. The van der Waals surface area contributed by atoms with Crippen LogP contribution in [-0.4, -0.2) is 24.6 Å². The highest BCUT2D eigenvalue weighted by atomic mass is 16.5. The highest BCUT2D eigenvalue weighted by molar-refractivity contribution is 5.88. The molecule has 0 fully saturated rings. The summed E-state index contributed by atoms with van der Waals surface area (Å²) >= 11 is 0. The number of nitrogens with one attached hydrogen (secondary N) is 1. The van der Waals surface area contributed by atoms with Gasteiger partial charge in [0.2, 0.25) is 0 Å². The van der Waals surface area contributed by atoms with Gasteiger partial charge in [-0.05, 0) is 23.6 Å². The van der Waals surface area contributed by atoms with Gasteiger partial charge >= 0.3 is 5.97 Å². The van der Waals surface area contributed by atoms with E-state index in [-0.39, 0.29) is 0 Å². The molecule has 1 rings (SSSR count). The van der Waals surface area contributed by atoms with E-state index in [9.17, 15) is 4.79 Å². The van der Waals surface area contributed by atoms with E-state index in [0.29, 0.717) is 18.7 Å². The van der Waals surface area contributed by atoms with Crippen LogP contribution in [0.25, 0.3) is 16.5 Å². The van der Waals surface area contributed by atoms with Crippen molar-refractivity contribution >= 4 is 12.0 Å². The van der Waals surface area contributed by atoms with Gasteiger partial charge in [0.1, 0.15) is 5.69 Å². The van der Waals surface area contributed by atoms with Crippen molar-refractivity contribution in [1.29, 1.82) is 0 Å². The van der Waals surface area contributed by atoms with Gasteiger partial charge in [0, 0.05) is 17.7 Å². The summed E-state index contributed by atoms with van der Waals surface area (Å²) < 4.78 is 4.56. The minimum atomic E-state index is -0.395. The molecule has 0 amide bonds. The fourth-order valence-corrected chi connectivity index (χ4v) is 1.13. The number of aromatic amines is 1. The Morgan fingerprint density at radius 1 is 1.75 bits per heavy atom.